The van der Waals surface area contributed by atoms with Crippen LogP contribution in [0.2, 0.25) is 0 Å². The summed E-state index contributed by atoms with van der Waals surface area (Å²) in [6.45, 7) is 2.73. The number of ketones is 1. The first-order chi connectivity index (χ1) is 13.5. The van der Waals surface area contributed by atoms with Crippen molar-refractivity contribution in [1.29, 1.82) is 0 Å². The van der Waals surface area contributed by atoms with Gasteiger partial charge in [-0.15, -0.1) is 0 Å². The van der Waals surface area contributed by atoms with Crippen molar-refractivity contribution < 1.29 is 23.8 Å². The molecule has 4 rings (SSSR count). The molecule has 28 heavy (non-hydrogen) atoms. The van der Waals surface area contributed by atoms with Gasteiger partial charge in [-0.2, -0.15) is 0 Å². The lowest BCUT2D eigenvalue weighted by molar-refractivity contribution is -0.141. The van der Waals surface area contributed by atoms with Gasteiger partial charge in [-0.1, -0.05) is 28.1 Å². The third-order valence-corrected chi connectivity index (χ3v) is 5.64. The Morgan fingerprint density at radius 1 is 1.21 bits per heavy atom. The Kier molecular flexibility index (Phi) is 5.12. The maximum Gasteiger partial charge on any atom is 0.295 e. The molecule has 6 nitrogen and oxygen atoms in total. The molecule has 2 aliphatic rings. The van der Waals surface area contributed by atoms with Crippen LogP contribution in [0.5, 0.6) is 0 Å². The van der Waals surface area contributed by atoms with Crippen molar-refractivity contribution in [1.82, 2.24) is 4.90 Å². The van der Waals surface area contributed by atoms with E-state index in [-0.39, 0.29) is 24.0 Å². The first-order valence-electron chi connectivity index (χ1n) is 9.18. The van der Waals surface area contributed by atoms with Gasteiger partial charge in [0, 0.05) is 23.2 Å². The van der Waals surface area contributed by atoms with E-state index in [1.807, 2.05) is 0 Å². The number of hydrogen-bond donors (Lipinski definition) is 1. The number of rotatable bonds is 4. The average molecular weight is 446 g/mol. The van der Waals surface area contributed by atoms with Crippen LogP contribution < -0.4 is 0 Å². The summed E-state index contributed by atoms with van der Waals surface area (Å²) >= 11 is 3.35. The number of amides is 1. The van der Waals surface area contributed by atoms with E-state index in [4.69, 9.17) is 9.15 Å². The number of halogens is 1. The molecule has 1 aromatic heterocycles. The standard InChI is InChI=1S/C21H20BrNO5/c1-12-4-9-16(28-12)18-17(19(24)13-5-7-14(22)8-6-13)20(25)21(26)23(18)11-15-3-2-10-27-15/h4-9,15,18,24H,2-3,10-11H2,1H3. The summed E-state index contributed by atoms with van der Waals surface area (Å²) in [5, 5.41) is 10.9. The van der Waals surface area contributed by atoms with E-state index in [0.29, 0.717) is 23.7 Å². The lowest BCUT2D eigenvalue weighted by Gasteiger charge is -2.25. The Hall–Kier alpha value is -2.38. The number of aliphatic hydroxyl groups is 1. The molecule has 1 amide bonds. The van der Waals surface area contributed by atoms with Gasteiger partial charge in [0.05, 0.1) is 11.7 Å². The van der Waals surface area contributed by atoms with Crippen molar-refractivity contribution in [3.63, 3.8) is 0 Å². The second-order valence-corrected chi connectivity index (χ2v) is 7.96. The summed E-state index contributed by atoms with van der Waals surface area (Å²) in [5.41, 5.74) is 0.506. The van der Waals surface area contributed by atoms with Crippen LogP contribution in [0.4, 0.5) is 0 Å². The Labute approximate surface area is 170 Å². The number of ether oxygens (including phenoxy) is 1. The molecule has 0 radical (unpaired) electrons. The van der Waals surface area contributed by atoms with Gasteiger partial charge in [0.25, 0.3) is 11.7 Å². The smallest absolute Gasteiger partial charge is 0.295 e. The highest BCUT2D eigenvalue weighted by atomic mass is 79.9. The molecule has 0 aliphatic carbocycles. The molecule has 0 spiro atoms. The van der Waals surface area contributed by atoms with Crippen LogP contribution in [0, 0.1) is 6.92 Å². The lowest BCUT2D eigenvalue weighted by atomic mass is 9.99. The Bertz CT molecular complexity index is 940. The Morgan fingerprint density at radius 2 is 1.96 bits per heavy atom. The Morgan fingerprint density at radius 3 is 2.57 bits per heavy atom. The molecule has 2 atom stereocenters. The maximum atomic E-state index is 12.9. The fourth-order valence-corrected chi connectivity index (χ4v) is 4.00. The van der Waals surface area contributed by atoms with Gasteiger partial charge >= 0.3 is 0 Å². The van der Waals surface area contributed by atoms with Crippen molar-refractivity contribution >= 4 is 33.4 Å². The van der Waals surface area contributed by atoms with E-state index in [1.54, 1.807) is 43.3 Å². The average Bonchev–Trinajstić information content (AvgIpc) is 3.39. The normalized spacial score (nSPS) is 24.3. The largest absolute Gasteiger partial charge is 0.507 e. The number of carbonyl (C=O) groups excluding carboxylic acids is 2. The van der Waals surface area contributed by atoms with Crippen molar-refractivity contribution in [2.24, 2.45) is 0 Å². The van der Waals surface area contributed by atoms with Crippen LogP contribution >= 0.6 is 15.9 Å². The minimum Gasteiger partial charge on any atom is -0.507 e. The van der Waals surface area contributed by atoms with Gasteiger partial charge in [0.2, 0.25) is 0 Å². The fraction of sp³-hybridized carbons (Fsp3) is 0.333. The maximum absolute atomic E-state index is 12.9. The summed E-state index contributed by atoms with van der Waals surface area (Å²) < 4.78 is 12.3. The van der Waals surface area contributed by atoms with Gasteiger partial charge in [-0.3, -0.25) is 9.59 Å². The topological polar surface area (TPSA) is 80.0 Å². The van der Waals surface area contributed by atoms with Crippen molar-refractivity contribution in [3.8, 4) is 0 Å². The molecule has 1 N–H and O–H groups in total. The SMILES string of the molecule is Cc1ccc(C2C(=C(O)c3ccc(Br)cc3)C(=O)C(=O)N2CC2CCCO2)o1. The quantitative estimate of drug-likeness (QED) is 0.437. The predicted octanol–water partition coefficient (Wildman–Crippen LogP) is 3.95. The zero-order chi connectivity index (χ0) is 19.8. The molecule has 3 heterocycles. The first-order valence-corrected chi connectivity index (χ1v) is 9.97. The summed E-state index contributed by atoms with van der Waals surface area (Å²) in [7, 11) is 0. The van der Waals surface area contributed by atoms with Crippen LogP contribution in [0.1, 0.15) is 36.0 Å². The number of carbonyl (C=O) groups is 2. The van der Waals surface area contributed by atoms with Gasteiger partial charge in [-0.05, 0) is 44.0 Å². The van der Waals surface area contributed by atoms with E-state index in [0.717, 1.165) is 17.3 Å². The Balaban J connectivity index is 1.80. The number of likely N-dealkylation sites (tertiary alicyclic amines) is 1. The van der Waals surface area contributed by atoms with E-state index >= 15 is 0 Å². The number of aliphatic hydroxyl groups excluding tert-OH is 1. The second-order valence-electron chi connectivity index (χ2n) is 7.04. The van der Waals surface area contributed by atoms with Gasteiger partial charge in [0.15, 0.2) is 0 Å². The zero-order valence-electron chi connectivity index (χ0n) is 15.4. The number of aryl methyl sites for hydroxylation is 1. The van der Waals surface area contributed by atoms with Crippen molar-refractivity contribution in [2.45, 2.75) is 31.9 Å². The molecule has 0 bridgehead atoms. The summed E-state index contributed by atoms with van der Waals surface area (Å²) in [4.78, 5) is 27.1. The first kappa shape index (κ1) is 19.0. The summed E-state index contributed by atoms with van der Waals surface area (Å²) in [6.07, 6.45) is 1.64. The van der Waals surface area contributed by atoms with Gasteiger partial charge < -0.3 is 19.2 Å². The van der Waals surface area contributed by atoms with Crippen LogP contribution in [0.15, 0.2) is 50.9 Å². The van der Waals surface area contributed by atoms with E-state index in [9.17, 15) is 14.7 Å². The van der Waals surface area contributed by atoms with Crippen LogP contribution in [-0.2, 0) is 14.3 Å². The van der Waals surface area contributed by atoms with Crippen LogP contribution in [0.3, 0.4) is 0 Å². The third kappa shape index (κ3) is 3.40. The molecule has 0 saturated carbocycles. The molecule has 2 saturated heterocycles. The highest BCUT2D eigenvalue weighted by molar-refractivity contribution is 9.10. The molecule has 7 heteroatoms. The molecular formula is C21H20BrNO5. The number of furan rings is 1. The molecule has 2 fully saturated rings. The molecular weight excluding hydrogens is 426 g/mol. The minimum atomic E-state index is -0.776. The van der Waals surface area contributed by atoms with Crippen molar-refractivity contribution in [3.05, 3.63) is 63.5 Å². The second kappa shape index (κ2) is 7.56. The number of hydrogen-bond acceptors (Lipinski definition) is 5. The summed E-state index contributed by atoms with van der Waals surface area (Å²) in [6, 6.07) is 9.66. The molecule has 2 unspecified atom stereocenters. The van der Waals surface area contributed by atoms with Crippen LogP contribution in [0.25, 0.3) is 5.76 Å². The highest BCUT2D eigenvalue weighted by Crippen LogP contribution is 2.40. The van der Waals surface area contributed by atoms with Crippen LogP contribution in [-0.4, -0.2) is 41.0 Å². The zero-order valence-corrected chi connectivity index (χ0v) is 16.9. The fourth-order valence-electron chi connectivity index (χ4n) is 3.74. The number of nitrogens with zero attached hydrogens (tertiary/aromatic N) is 1. The molecule has 2 aliphatic heterocycles. The van der Waals surface area contributed by atoms with Gasteiger partial charge in [-0.25, -0.2) is 0 Å². The van der Waals surface area contributed by atoms with Crippen molar-refractivity contribution in [2.75, 3.05) is 13.2 Å². The van der Waals surface area contributed by atoms with Gasteiger partial charge in [0.1, 0.15) is 23.3 Å². The third-order valence-electron chi connectivity index (χ3n) is 5.11. The van der Waals surface area contributed by atoms with E-state index in [1.165, 1.54) is 4.90 Å². The molecule has 1 aromatic carbocycles. The number of benzene rings is 1. The monoisotopic (exact) mass is 445 g/mol. The predicted molar refractivity (Wildman–Crippen MR) is 106 cm³/mol. The summed E-state index contributed by atoms with van der Waals surface area (Å²) in [5.74, 6) is -0.444. The lowest BCUT2D eigenvalue weighted by Crippen LogP contribution is -2.36. The molecule has 2 aromatic rings. The highest BCUT2D eigenvalue weighted by Gasteiger charge is 2.48. The van der Waals surface area contributed by atoms with E-state index in [2.05, 4.69) is 15.9 Å². The van der Waals surface area contributed by atoms with E-state index < -0.39 is 17.7 Å². The minimum absolute atomic E-state index is 0.0414. The number of Topliss-reactive ketones (excluding diaryl/α,β-unsaturated/α-hetero) is 1. The molecule has 146 valence electrons.